The van der Waals surface area contributed by atoms with Crippen molar-refractivity contribution in [2.75, 3.05) is 6.61 Å². The standard InChI is InChI=1S/C23H23N3O3/c1-15-11-16(2)13-18(12-15)22-24-20-7-6-17(14-21(20)29-22)23(27)28-10-4-5-19-8-9-26(3)25-19/h6-9,11-14H,4-5,10H2,1-3H3. The second-order valence-corrected chi connectivity index (χ2v) is 7.30. The van der Waals surface area contributed by atoms with Gasteiger partial charge in [0.05, 0.1) is 17.9 Å². The number of carbonyl (C=O) groups excluding carboxylic acids is 1. The van der Waals surface area contributed by atoms with Crippen LogP contribution >= 0.6 is 0 Å². The third-order valence-electron chi connectivity index (χ3n) is 4.67. The van der Waals surface area contributed by atoms with Crippen molar-refractivity contribution in [2.24, 2.45) is 7.05 Å². The number of hydrogen-bond acceptors (Lipinski definition) is 5. The maximum absolute atomic E-state index is 12.4. The molecule has 0 aliphatic carbocycles. The quantitative estimate of drug-likeness (QED) is 0.355. The average molecular weight is 389 g/mol. The van der Waals surface area contributed by atoms with Gasteiger partial charge in [-0.25, -0.2) is 9.78 Å². The third kappa shape index (κ3) is 4.37. The topological polar surface area (TPSA) is 70.2 Å². The van der Waals surface area contributed by atoms with Gasteiger partial charge in [-0.3, -0.25) is 4.68 Å². The molecule has 0 aliphatic heterocycles. The molecule has 4 rings (SSSR count). The summed E-state index contributed by atoms with van der Waals surface area (Å²) >= 11 is 0. The van der Waals surface area contributed by atoms with Crippen LogP contribution in [0.3, 0.4) is 0 Å². The maximum Gasteiger partial charge on any atom is 0.338 e. The van der Waals surface area contributed by atoms with Gasteiger partial charge in [-0.2, -0.15) is 5.10 Å². The van der Waals surface area contributed by atoms with E-state index in [1.807, 2.05) is 45.3 Å². The molecule has 0 atom stereocenters. The number of aromatic nitrogens is 3. The minimum Gasteiger partial charge on any atom is -0.462 e. The first-order valence-electron chi connectivity index (χ1n) is 9.63. The second-order valence-electron chi connectivity index (χ2n) is 7.30. The predicted molar refractivity (Wildman–Crippen MR) is 111 cm³/mol. The Hall–Kier alpha value is -3.41. The van der Waals surface area contributed by atoms with Crippen LogP contribution in [-0.2, 0) is 18.2 Å². The first kappa shape index (κ1) is 18.9. The van der Waals surface area contributed by atoms with Crippen molar-refractivity contribution in [3.8, 4) is 11.5 Å². The van der Waals surface area contributed by atoms with E-state index in [4.69, 9.17) is 9.15 Å². The summed E-state index contributed by atoms with van der Waals surface area (Å²) in [6.07, 6.45) is 3.40. The van der Waals surface area contributed by atoms with E-state index in [0.29, 0.717) is 29.2 Å². The van der Waals surface area contributed by atoms with E-state index in [9.17, 15) is 4.79 Å². The molecule has 6 nitrogen and oxygen atoms in total. The average Bonchev–Trinajstić information content (AvgIpc) is 3.29. The van der Waals surface area contributed by atoms with Gasteiger partial charge >= 0.3 is 5.97 Å². The number of oxazole rings is 1. The monoisotopic (exact) mass is 389 g/mol. The zero-order chi connectivity index (χ0) is 20.4. The fourth-order valence-corrected chi connectivity index (χ4v) is 3.37. The number of fused-ring (bicyclic) bond motifs is 1. The lowest BCUT2D eigenvalue weighted by molar-refractivity contribution is 0.0500. The summed E-state index contributed by atoms with van der Waals surface area (Å²) in [4.78, 5) is 16.9. The van der Waals surface area contributed by atoms with E-state index < -0.39 is 0 Å². The summed E-state index contributed by atoms with van der Waals surface area (Å²) in [6, 6.07) is 13.3. The van der Waals surface area contributed by atoms with Gasteiger partial charge in [0.25, 0.3) is 0 Å². The maximum atomic E-state index is 12.4. The number of hydrogen-bond donors (Lipinski definition) is 0. The molecule has 0 aliphatic rings. The van der Waals surface area contributed by atoms with E-state index in [2.05, 4.69) is 16.1 Å². The first-order valence-corrected chi connectivity index (χ1v) is 9.63. The van der Waals surface area contributed by atoms with Crippen molar-refractivity contribution in [3.63, 3.8) is 0 Å². The molecule has 29 heavy (non-hydrogen) atoms. The van der Waals surface area contributed by atoms with Crippen molar-refractivity contribution < 1.29 is 13.9 Å². The molecule has 0 spiro atoms. The molecule has 2 heterocycles. The fraction of sp³-hybridized carbons (Fsp3) is 0.261. The number of rotatable bonds is 6. The van der Waals surface area contributed by atoms with Crippen LogP contribution in [0, 0.1) is 13.8 Å². The Morgan fingerprint density at radius 1 is 1.10 bits per heavy atom. The highest BCUT2D eigenvalue weighted by molar-refractivity contribution is 5.93. The smallest absolute Gasteiger partial charge is 0.338 e. The molecule has 2 aromatic carbocycles. The summed E-state index contributed by atoms with van der Waals surface area (Å²) in [5, 5.41) is 4.31. The lowest BCUT2D eigenvalue weighted by Gasteiger charge is -2.04. The SMILES string of the molecule is Cc1cc(C)cc(-c2nc3ccc(C(=O)OCCCc4ccn(C)n4)cc3o2)c1. The molecular formula is C23H23N3O3. The summed E-state index contributed by atoms with van der Waals surface area (Å²) in [6.45, 7) is 4.43. The van der Waals surface area contributed by atoms with E-state index in [-0.39, 0.29) is 5.97 Å². The summed E-state index contributed by atoms with van der Waals surface area (Å²) in [7, 11) is 1.88. The van der Waals surface area contributed by atoms with Crippen LogP contribution < -0.4 is 0 Å². The number of aryl methyl sites for hydroxylation is 4. The van der Waals surface area contributed by atoms with Crippen LogP contribution in [0.1, 0.15) is 33.6 Å². The zero-order valence-electron chi connectivity index (χ0n) is 16.8. The Balaban J connectivity index is 1.43. The normalized spacial score (nSPS) is 11.1. The van der Waals surface area contributed by atoms with Gasteiger partial charge in [0.2, 0.25) is 5.89 Å². The van der Waals surface area contributed by atoms with Gasteiger partial charge < -0.3 is 9.15 Å². The van der Waals surface area contributed by atoms with Gasteiger partial charge in [-0.15, -0.1) is 0 Å². The molecule has 148 valence electrons. The summed E-state index contributed by atoms with van der Waals surface area (Å²) in [5.41, 5.74) is 5.96. The molecule has 0 saturated heterocycles. The molecule has 2 aromatic heterocycles. The minimum atomic E-state index is -0.364. The first-order chi connectivity index (χ1) is 14.0. The van der Waals surface area contributed by atoms with Gasteiger partial charge in [0.1, 0.15) is 5.52 Å². The second kappa shape index (κ2) is 7.91. The number of carbonyl (C=O) groups is 1. The highest BCUT2D eigenvalue weighted by Crippen LogP contribution is 2.26. The Bertz CT molecular complexity index is 1150. The molecule has 0 fully saturated rings. The Kier molecular flexibility index (Phi) is 5.16. The van der Waals surface area contributed by atoms with Crippen LogP contribution in [0.2, 0.25) is 0 Å². The summed E-state index contributed by atoms with van der Waals surface area (Å²) in [5.74, 6) is 0.185. The Morgan fingerprint density at radius 2 is 1.90 bits per heavy atom. The highest BCUT2D eigenvalue weighted by atomic mass is 16.5. The predicted octanol–water partition coefficient (Wildman–Crippen LogP) is 4.63. The van der Waals surface area contributed by atoms with E-state index in [1.54, 1.807) is 22.9 Å². The van der Waals surface area contributed by atoms with Crippen LogP contribution in [0.5, 0.6) is 0 Å². The van der Waals surface area contributed by atoms with Crippen LogP contribution in [0.25, 0.3) is 22.6 Å². The minimum absolute atomic E-state index is 0.345. The summed E-state index contributed by atoms with van der Waals surface area (Å²) < 4.78 is 13.1. The molecule has 0 unspecified atom stereocenters. The number of nitrogens with zero attached hydrogens (tertiary/aromatic N) is 3. The van der Waals surface area contributed by atoms with Gasteiger partial charge in [-0.1, -0.05) is 17.2 Å². The molecule has 4 aromatic rings. The van der Waals surface area contributed by atoms with Crippen molar-refractivity contribution in [2.45, 2.75) is 26.7 Å². The van der Waals surface area contributed by atoms with Crippen molar-refractivity contribution in [1.82, 2.24) is 14.8 Å². The lowest BCUT2D eigenvalue weighted by Crippen LogP contribution is -2.07. The number of ether oxygens (including phenoxy) is 1. The van der Waals surface area contributed by atoms with Crippen molar-refractivity contribution in [3.05, 3.63) is 71.0 Å². The van der Waals surface area contributed by atoms with Crippen molar-refractivity contribution >= 4 is 17.1 Å². The molecule has 6 heteroatoms. The molecular weight excluding hydrogens is 366 g/mol. The van der Waals surface area contributed by atoms with E-state index in [0.717, 1.165) is 35.2 Å². The number of esters is 1. The van der Waals surface area contributed by atoms with Crippen LogP contribution in [0.4, 0.5) is 0 Å². The Morgan fingerprint density at radius 3 is 2.62 bits per heavy atom. The zero-order valence-corrected chi connectivity index (χ0v) is 16.8. The molecule has 0 amide bonds. The largest absolute Gasteiger partial charge is 0.462 e. The molecule has 0 bridgehead atoms. The number of benzene rings is 2. The van der Waals surface area contributed by atoms with Crippen LogP contribution in [-0.4, -0.2) is 27.3 Å². The van der Waals surface area contributed by atoms with Gasteiger partial charge in [-0.05, 0) is 63.1 Å². The van der Waals surface area contributed by atoms with E-state index >= 15 is 0 Å². The van der Waals surface area contributed by atoms with Crippen molar-refractivity contribution in [1.29, 1.82) is 0 Å². The lowest BCUT2D eigenvalue weighted by atomic mass is 10.1. The fourth-order valence-electron chi connectivity index (χ4n) is 3.37. The highest BCUT2D eigenvalue weighted by Gasteiger charge is 2.13. The van der Waals surface area contributed by atoms with Crippen LogP contribution in [0.15, 0.2) is 53.1 Å². The van der Waals surface area contributed by atoms with Gasteiger partial charge in [0, 0.05) is 18.8 Å². The van der Waals surface area contributed by atoms with E-state index in [1.165, 1.54) is 0 Å². The van der Waals surface area contributed by atoms with Gasteiger partial charge in [0.15, 0.2) is 5.58 Å². The molecule has 0 N–H and O–H groups in total. The molecule has 0 saturated carbocycles. The third-order valence-corrected chi connectivity index (χ3v) is 4.67. The Labute approximate surface area is 169 Å². The molecule has 0 radical (unpaired) electrons.